The van der Waals surface area contributed by atoms with Crippen molar-refractivity contribution >= 4 is 23.7 Å². The molecule has 1 aromatic carbocycles. The number of nitrogens with one attached hydrogen (secondary N) is 4. The largest absolute Gasteiger partial charge is 0.508 e. The van der Waals surface area contributed by atoms with E-state index in [0.717, 1.165) is 0 Å². The van der Waals surface area contributed by atoms with Crippen LogP contribution < -0.4 is 27.4 Å². The van der Waals surface area contributed by atoms with E-state index in [1.54, 1.807) is 0 Å². The number of nitrogens with zero attached hydrogens (tertiary/aromatic N) is 1. The number of phenolic OH excluding ortho intramolecular Hbond substituents is 1. The molecule has 0 aliphatic carbocycles. The molecule has 214 valence electrons. The minimum atomic E-state index is -1.43. The van der Waals surface area contributed by atoms with Gasteiger partial charge in [0.2, 0.25) is 17.7 Å². The van der Waals surface area contributed by atoms with Gasteiger partial charge in [0.05, 0.1) is 18.5 Å². The van der Waals surface area contributed by atoms with Crippen molar-refractivity contribution in [2.45, 2.75) is 69.3 Å². The van der Waals surface area contributed by atoms with Crippen LogP contribution in [0.2, 0.25) is 0 Å². The summed E-state index contributed by atoms with van der Waals surface area (Å²) in [6.07, 6.45) is 2.94. The summed E-state index contributed by atoms with van der Waals surface area (Å²) in [5.41, 5.74) is 12.4. The van der Waals surface area contributed by atoms with Crippen molar-refractivity contribution < 1.29 is 34.5 Å². The number of H-pyrrole nitrogens is 1. The Morgan fingerprint density at radius 1 is 0.974 bits per heavy atom. The van der Waals surface area contributed by atoms with Crippen molar-refractivity contribution in [3.05, 3.63) is 48.0 Å². The minimum absolute atomic E-state index is 0.00765. The quantitative estimate of drug-likeness (QED) is 0.108. The van der Waals surface area contributed by atoms with E-state index in [9.17, 15) is 34.5 Å². The van der Waals surface area contributed by atoms with Crippen molar-refractivity contribution in [2.24, 2.45) is 11.5 Å². The summed E-state index contributed by atoms with van der Waals surface area (Å²) in [5, 5.41) is 36.7. The van der Waals surface area contributed by atoms with Crippen molar-refractivity contribution in [1.29, 1.82) is 0 Å². The van der Waals surface area contributed by atoms with Crippen LogP contribution >= 0.6 is 0 Å². The lowest BCUT2D eigenvalue weighted by molar-refractivity contribution is -0.142. The highest BCUT2D eigenvalue weighted by Crippen LogP contribution is 2.12. The van der Waals surface area contributed by atoms with Crippen LogP contribution in [-0.2, 0) is 32.0 Å². The summed E-state index contributed by atoms with van der Waals surface area (Å²) in [4.78, 5) is 57.4. The molecule has 14 heteroatoms. The van der Waals surface area contributed by atoms with Gasteiger partial charge in [0.15, 0.2) is 0 Å². The maximum absolute atomic E-state index is 13.2. The highest BCUT2D eigenvalue weighted by atomic mass is 16.4. The second kappa shape index (κ2) is 15.4. The zero-order valence-corrected chi connectivity index (χ0v) is 21.7. The van der Waals surface area contributed by atoms with Crippen LogP contribution in [0.1, 0.15) is 37.4 Å². The van der Waals surface area contributed by atoms with Crippen molar-refractivity contribution in [2.75, 3.05) is 6.54 Å². The Bertz CT molecular complexity index is 1080. The molecule has 0 saturated carbocycles. The van der Waals surface area contributed by atoms with Crippen LogP contribution in [-0.4, -0.2) is 85.8 Å². The number of imidazole rings is 1. The van der Waals surface area contributed by atoms with Crippen molar-refractivity contribution in [3.8, 4) is 5.75 Å². The van der Waals surface area contributed by atoms with Gasteiger partial charge < -0.3 is 47.7 Å². The first-order chi connectivity index (χ1) is 18.5. The van der Waals surface area contributed by atoms with Crippen LogP contribution in [0.3, 0.4) is 0 Å². The standard InChI is InChI=1S/C25H37N7O7/c1-14(33)21(32-22(35)18(27)4-2-3-9-26)24(37)30-19(11-16-12-28-13-29-16)23(36)31-20(25(38)39)10-15-5-7-17(34)8-6-15/h5-8,12-14,18-21,33-34H,2-4,9-11,26-27H2,1H3,(H,28,29)(H,30,37)(H,31,36)(H,32,35)(H,38,39). The lowest BCUT2D eigenvalue weighted by atomic mass is 10.0. The van der Waals surface area contributed by atoms with Crippen LogP contribution in [0.5, 0.6) is 5.75 Å². The number of aliphatic carboxylic acids is 1. The Balaban J connectivity index is 2.16. The number of aliphatic hydroxyl groups is 1. The van der Waals surface area contributed by atoms with Gasteiger partial charge in [-0.3, -0.25) is 14.4 Å². The molecule has 0 spiro atoms. The Morgan fingerprint density at radius 3 is 2.21 bits per heavy atom. The molecule has 0 fully saturated rings. The van der Waals surface area contributed by atoms with Gasteiger partial charge in [0.25, 0.3) is 0 Å². The van der Waals surface area contributed by atoms with E-state index in [0.29, 0.717) is 37.1 Å². The number of rotatable bonds is 16. The molecule has 0 bridgehead atoms. The van der Waals surface area contributed by atoms with Gasteiger partial charge in [-0.2, -0.15) is 0 Å². The Hall–Kier alpha value is -4.01. The molecule has 1 heterocycles. The molecule has 11 N–H and O–H groups in total. The number of carboxylic acids is 1. The average Bonchev–Trinajstić information content (AvgIpc) is 3.40. The molecule has 14 nitrogen and oxygen atoms in total. The number of aliphatic hydroxyl groups excluding tert-OH is 1. The normalized spacial score (nSPS) is 14.9. The second-order valence-electron chi connectivity index (χ2n) is 9.23. The Kier molecular flexibility index (Phi) is 12.3. The number of aromatic amines is 1. The van der Waals surface area contributed by atoms with E-state index in [4.69, 9.17) is 11.5 Å². The number of amides is 3. The second-order valence-corrected chi connectivity index (χ2v) is 9.23. The van der Waals surface area contributed by atoms with Gasteiger partial charge in [-0.1, -0.05) is 18.6 Å². The van der Waals surface area contributed by atoms with Gasteiger partial charge >= 0.3 is 5.97 Å². The fourth-order valence-electron chi connectivity index (χ4n) is 3.73. The number of carbonyl (C=O) groups is 4. The van der Waals surface area contributed by atoms with E-state index in [1.165, 1.54) is 43.7 Å². The monoisotopic (exact) mass is 547 g/mol. The van der Waals surface area contributed by atoms with E-state index < -0.39 is 54.0 Å². The number of nitrogens with two attached hydrogens (primary N) is 2. The van der Waals surface area contributed by atoms with Gasteiger partial charge in [-0.25, -0.2) is 9.78 Å². The third-order valence-electron chi connectivity index (χ3n) is 5.97. The summed E-state index contributed by atoms with van der Waals surface area (Å²) < 4.78 is 0. The number of unbranched alkanes of at least 4 members (excludes halogenated alkanes) is 1. The molecule has 5 unspecified atom stereocenters. The van der Waals surface area contributed by atoms with Crippen LogP contribution in [0, 0.1) is 0 Å². The molecule has 0 radical (unpaired) electrons. The lowest BCUT2D eigenvalue weighted by Crippen LogP contribution is -2.60. The highest BCUT2D eigenvalue weighted by molar-refractivity contribution is 5.94. The molecular formula is C25H37N7O7. The molecule has 1 aromatic heterocycles. The lowest BCUT2D eigenvalue weighted by Gasteiger charge is -2.26. The maximum atomic E-state index is 13.2. The maximum Gasteiger partial charge on any atom is 0.326 e. The summed E-state index contributed by atoms with van der Waals surface area (Å²) >= 11 is 0. The molecule has 0 aliphatic rings. The number of benzene rings is 1. The molecule has 0 saturated heterocycles. The average molecular weight is 548 g/mol. The third kappa shape index (κ3) is 10.3. The van der Waals surface area contributed by atoms with Crippen LogP contribution in [0.25, 0.3) is 0 Å². The number of phenols is 1. The summed E-state index contributed by atoms with van der Waals surface area (Å²) in [5.74, 6) is -3.62. The first-order valence-corrected chi connectivity index (χ1v) is 12.5. The molecule has 3 amide bonds. The van der Waals surface area contributed by atoms with Gasteiger partial charge in [0, 0.05) is 24.7 Å². The first-order valence-electron chi connectivity index (χ1n) is 12.5. The van der Waals surface area contributed by atoms with E-state index >= 15 is 0 Å². The third-order valence-corrected chi connectivity index (χ3v) is 5.97. The van der Waals surface area contributed by atoms with Crippen molar-refractivity contribution in [1.82, 2.24) is 25.9 Å². The van der Waals surface area contributed by atoms with E-state index in [-0.39, 0.29) is 18.6 Å². The summed E-state index contributed by atoms with van der Waals surface area (Å²) in [6, 6.07) is 0.861. The van der Waals surface area contributed by atoms with E-state index in [2.05, 4.69) is 25.9 Å². The van der Waals surface area contributed by atoms with Crippen LogP contribution in [0.15, 0.2) is 36.8 Å². The van der Waals surface area contributed by atoms with Gasteiger partial charge in [0.1, 0.15) is 23.9 Å². The Labute approximate surface area is 225 Å². The van der Waals surface area contributed by atoms with Gasteiger partial charge in [-0.15, -0.1) is 0 Å². The smallest absolute Gasteiger partial charge is 0.326 e. The van der Waals surface area contributed by atoms with Crippen LogP contribution in [0.4, 0.5) is 0 Å². The first kappa shape index (κ1) is 31.2. The zero-order valence-electron chi connectivity index (χ0n) is 21.7. The fourth-order valence-corrected chi connectivity index (χ4v) is 3.73. The minimum Gasteiger partial charge on any atom is -0.508 e. The molecular weight excluding hydrogens is 510 g/mol. The number of carboxylic acid groups (broad SMARTS) is 1. The number of hydrogen-bond acceptors (Lipinski definition) is 9. The predicted octanol–water partition coefficient (Wildman–Crippen LogP) is -1.72. The highest BCUT2D eigenvalue weighted by Gasteiger charge is 2.32. The van der Waals surface area contributed by atoms with E-state index in [1.807, 2.05) is 0 Å². The predicted molar refractivity (Wildman–Crippen MR) is 140 cm³/mol. The number of aromatic nitrogens is 2. The number of hydrogen-bond donors (Lipinski definition) is 9. The zero-order chi connectivity index (χ0) is 28.9. The molecule has 5 atom stereocenters. The number of aromatic hydroxyl groups is 1. The molecule has 2 aromatic rings. The molecule has 2 rings (SSSR count). The SMILES string of the molecule is CC(O)C(NC(=O)C(N)CCCCN)C(=O)NC(Cc1cnc[nH]1)C(=O)NC(Cc1ccc(O)cc1)C(=O)O. The molecule has 0 aliphatic heterocycles. The summed E-state index contributed by atoms with van der Waals surface area (Å²) in [6.45, 7) is 1.75. The fraction of sp³-hybridized carbons (Fsp3) is 0.480. The number of carbonyl (C=O) groups excluding carboxylic acids is 3. The Morgan fingerprint density at radius 2 is 1.64 bits per heavy atom. The summed E-state index contributed by atoms with van der Waals surface area (Å²) in [7, 11) is 0. The molecule has 39 heavy (non-hydrogen) atoms. The van der Waals surface area contributed by atoms with Crippen molar-refractivity contribution in [3.63, 3.8) is 0 Å². The van der Waals surface area contributed by atoms with Gasteiger partial charge in [-0.05, 0) is 44.0 Å². The topological polar surface area (TPSA) is 246 Å².